The van der Waals surface area contributed by atoms with E-state index in [9.17, 15) is 0 Å². The Balaban J connectivity index is 2.38. The molecule has 15 heavy (non-hydrogen) atoms. The molecule has 1 unspecified atom stereocenters. The van der Waals surface area contributed by atoms with Gasteiger partial charge in [-0.1, -0.05) is 12.1 Å². The van der Waals surface area contributed by atoms with E-state index in [4.69, 9.17) is 0 Å². The second kappa shape index (κ2) is 3.35. The molecular formula is C12H13BrN2. The lowest BCUT2D eigenvalue weighted by Gasteiger charge is -2.25. The number of fused-ring (bicyclic) bond motifs is 3. The minimum atomic E-state index is 0.532. The molecule has 0 amide bonds. The number of halogens is 1. The fourth-order valence-electron chi connectivity index (χ4n) is 2.44. The fraction of sp³-hybridized carbons (Fsp3) is 0.333. The Morgan fingerprint density at radius 3 is 3.20 bits per heavy atom. The lowest BCUT2D eigenvalue weighted by atomic mass is 10.2. The average Bonchev–Trinajstić information content (AvgIpc) is 2.58. The molecule has 78 valence electrons. The van der Waals surface area contributed by atoms with Gasteiger partial charge in [0.05, 0.1) is 5.52 Å². The summed E-state index contributed by atoms with van der Waals surface area (Å²) in [6.07, 6.45) is 0. The molecule has 1 aromatic heterocycles. The van der Waals surface area contributed by atoms with Gasteiger partial charge in [0.2, 0.25) is 0 Å². The molecule has 0 bridgehead atoms. The molecule has 2 nitrogen and oxygen atoms in total. The Hall–Kier alpha value is -0.800. The molecular weight excluding hydrogens is 252 g/mol. The SMILES string of the molecule is CC1CNCc2cc3cccc(Br)c3n21. The molecule has 2 aromatic rings. The number of benzene rings is 1. The first-order valence-electron chi connectivity index (χ1n) is 5.26. The lowest BCUT2D eigenvalue weighted by Crippen LogP contribution is -2.30. The molecule has 2 heterocycles. The number of para-hydroxylation sites is 1. The highest BCUT2D eigenvalue weighted by molar-refractivity contribution is 9.10. The minimum absolute atomic E-state index is 0.532. The molecule has 0 fully saturated rings. The van der Waals surface area contributed by atoms with Crippen molar-refractivity contribution in [2.24, 2.45) is 0 Å². The first-order valence-corrected chi connectivity index (χ1v) is 6.06. The predicted octanol–water partition coefficient (Wildman–Crippen LogP) is 3.07. The molecule has 1 aliphatic rings. The van der Waals surface area contributed by atoms with Gasteiger partial charge < -0.3 is 9.88 Å². The van der Waals surface area contributed by atoms with Gasteiger partial charge in [-0.2, -0.15) is 0 Å². The number of hydrogen-bond acceptors (Lipinski definition) is 1. The highest BCUT2D eigenvalue weighted by atomic mass is 79.9. The van der Waals surface area contributed by atoms with Crippen LogP contribution in [0, 0.1) is 0 Å². The fourth-order valence-corrected chi connectivity index (χ4v) is 3.01. The first kappa shape index (κ1) is 9.43. The van der Waals surface area contributed by atoms with Gasteiger partial charge in [-0.15, -0.1) is 0 Å². The maximum absolute atomic E-state index is 3.64. The van der Waals surface area contributed by atoms with Gasteiger partial charge in [-0.3, -0.25) is 0 Å². The third-order valence-electron chi connectivity index (χ3n) is 3.08. The topological polar surface area (TPSA) is 17.0 Å². The molecule has 3 rings (SSSR count). The summed E-state index contributed by atoms with van der Waals surface area (Å²) in [5.74, 6) is 0. The Kier molecular flexibility index (Phi) is 2.11. The van der Waals surface area contributed by atoms with Crippen LogP contribution in [0.5, 0.6) is 0 Å². The van der Waals surface area contributed by atoms with Gasteiger partial charge >= 0.3 is 0 Å². The van der Waals surface area contributed by atoms with Crippen LogP contribution in [-0.4, -0.2) is 11.1 Å². The molecule has 1 N–H and O–H groups in total. The first-order chi connectivity index (χ1) is 7.27. The van der Waals surface area contributed by atoms with E-state index >= 15 is 0 Å². The molecule has 0 saturated carbocycles. The molecule has 3 heteroatoms. The van der Waals surface area contributed by atoms with E-state index in [0.717, 1.165) is 13.1 Å². The van der Waals surface area contributed by atoms with Crippen LogP contribution in [0.4, 0.5) is 0 Å². The maximum atomic E-state index is 3.64. The van der Waals surface area contributed by atoms with Crippen LogP contribution in [0.25, 0.3) is 10.9 Å². The molecule has 1 aliphatic heterocycles. The van der Waals surface area contributed by atoms with Crippen LogP contribution in [0.2, 0.25) is 0 Å². The summed E-state index contributed by atoms with van der Waals surface area (Å²) in [7, 11) is 0. The smallest absolute Gasteiger partial charge is 0.0630 e. The van der Waals surface area contributed by atoms with Gasteiger partial charge in [0, 0.05) is 34.7 Å². The van der Waals surface area contributed by atoms with E-state index in [1.165, 1.54) is 21.1 Å². The van der Waals surface area contributed by atoms with Gasteiger partial charge in [0.1, 0.15) is 0 Å². The Morgan fingerprint density at radius 1 is 1.47 bits per heavy atom. The normalized spacial score (nSPS) is 20.5. The van der Waals surface area contributed by atoms with E-state index in [0.29, 0.717) is 6.04 Å². The Morgan fingerprint density at radius 2 is 2.33 bits per heavy atom. The van der Waals surface area contributed by atoms with Gasteiger partial charge in [-0.05, 0) is 35.0 Å². The second-order valence-corrected chi connectivity index (χ2v) is 5.02. The minimum Gasteiger partial charge on any atom is -0.338 e. The standard InChI is InChI=1S/C12H13BrN2/c1-8-6-14-7-10-5-9-3-2-4-11(13)12(9)15(8)10/h2-5,8,14H,6-7H2,1H3. The van der Waals surface area contributed by atoms with Crippen molar-refractivity contribution < 1.29 is 0 Å². The summed E-state index contributed by atoms with van der Waals surface area (Å²) in [6, 6.07) is 9.20. The van der Waals surface area contributed by atoms with Crippen molar-refractivity contribution in [3.8, 4) is 0 Å². The van der Waals surface area contributed by atoms with Gasteiger partial charge in [-0.25, -0.2) is 0 Å². The summed E-state index contributed by atoms with van der Waals surface area (Å²) < 4.78 is 3.63. The molecule has 0 saturated heterocycles. The number of nitrogens with zero attached hydrogens (tertiary/aromatic N) is 1. The zero-order valence-corrected chi connectivity index (χ0v) is 10.2. The Labute approximate surface area is 97.4 Å². The molecule has 0 radical (unpaired) electrons. The van der Waals surface area contributed by atoms with E-state index in [-0.39, 0.29) is 0 Å². The summed E-state index contributed by atoms with van der Waals surface area (Å²) >= 11 is 3.64. The quantitative estimate of drug-likeness (QED) is 0.774. The van der Waals surface area contributed by atoms with Crippen molar-refractivity contribution in [2.45, 2.75) is 19.5 Å². The molecule has 0 aliphatic carbocycles. The second-order valence-electron chi connectivity index (χ2n) is 4.16. The monoisotopic (exact) mass is 264 g/mol. The highest BCUT2D eigenvalue weighted by Gasteiger charge is 2.19. The predicted molar refractivity (Wildman–Crippen MR) is 66.1 cm³/mol. The third-order valence-corrected chi connectivity index (χ3v) is 3.72. The van der Waals surface area contributed by atoms with Crippen molar-refractivity contribution in [3.05, 3.63) is 34.4 Å². The van der Waals surface area contributed by atoms with Crippen LogP contribution in [0.1, 0.15) is 18.7 Å². The third kappa shape index (κ3) is 1.34. The number of aromatic nitrogens is 1. The van der Waals surface area contributed by atoms with Crippen LogP contribution >= 0.6 is 15.9 Å². The molecule has 0 spiro atoms. The number of hydrogen-bond donors (Lipinski definition) is 1. The summed E-state index contributed by atoms with van der Waals surface area (Å²) in [5, 5.41) is 4.76. The van der Waals surface area contributed by atoms with E-state index in [2.05, 4.69) is 57.0 Å². The summed E-state index contributed by atoms with van der Waals surface area (Å²) in [6.45, 7) is 4.29. The van der Waals surface area contributed by atoms with Gasteiger partial charge in [0.25, 0.3) is 0 Å². The van der Waals surface area contributed by atoms with Crippen molar-refractivity contribution in [1.29, 1.82) is 0 Å². The summed E-state index contributed by atoms with van der Waals surface area (Å²) in [5.41, 5.74) is 2.72. The molecule has 1 aromatic carbocycles. The highest BCUT2D eigenvalue weighted by Crippen LogP contribution is 2.31. The maximum Gasteiger partial charge on any atom is 0.0630 e. The van der Waals surface area contributed by atoms with Crippen molar-refractivity contribution in [3.63, 3.8) is 0 Å². The van der Waals surface area contributed by atoms with E-state index in [1.807, 2.05) is 0 Å². The zero-order valence-electron chi connectivity index (χ0n) is 8.63. The average molecular weight is 265 g/mol. The van der Waals surface area contributed by atoms with Crippen LogP contribution in [0.3, 0.4) is 0 Å². The van der Waals surface area contributed by atoms with Crippen LogP contribution < -0.4 is 5.32 Å². The largest absolute Gasteiger partial charge is 0.338 e. The van der Waals surface area contributed by atoms with Crippen molar-refractivity contribution in [1.82, 2.24) is 9.88 Å². The zero-order chi connectivity index (χ0) is 10.4. The van der Waals surface area contributed by atoms with Gasteiger partial charge in [0.15, 0.2) is 0 Å². The number of rotatable bonds is 0. The molecule has 1 atom stereocenters. The van der Waals surface area contributed by atoms with E-state index in [1.54, 1.807) is 0 Å². The van der Waals surface area contributed by atoms with Crippen molar-refractivity contribution >= 4 is 26.8 Å². The van der Waals surface area contributed by atoms with Crippen LogP contribution in [-0.2, 0) is 6.54 Å². The van der Waals surface area contributed by atoms with Crippen molar-refractivity contribution in [2.75, 3.05) is 6.54 Å². The lowest BCUT2D eigenvalue weighted by molar-refractivity contribution is 0.439. The Bertz CT molecular complexity index is 516. The van der Waals surface area contributed by atoms with Crippen LogP contribution in [0.15, 0.2) is 28.7 Å². The summed E-state index contributed by atoms with van der Waals surface area (Å²) in [4.78, 5) is 0. The number of nitrogens with one attached hydrogen (secondary N) is 1. The van der Waals surface area contributed by atoms with E-state index < -0.39 is 0 Å².